The summed E-state index contributed by atoms with van der Waals surface area (Å²) in [5.74, 6) is 2.02. The minimum absolute atomic E-state index is 0. The van der Waals surface area contributed by atoms with Crippen LogP contribution in [-0.4, -0.2) is 30.2 Å². The van der Waals surface area contributed by atoms with Gasteiger partial charge in [0, 0.05) is 55.9 Å². The molecule has 1 aliphatic heterocycles. The van der Waals surface area contributed by atoms with Crippen LogP contribution in [0.4, 0.5) is 0 Å². The molecule has 5 rings (SSSR count). The molecule has 5 aliphatic rings. The molecule has 4 heteroatoms. The number of fused-ring (bicyclic) bond motifs is 6. The van der Waals surface area contributed by atoms with Crippen molar-refractivity contribution in [1.82, 2.24) is 0 Å². The summed E-state index contributed by atoms with van der Waals surface area (Å²) in [4.78, 5) is 0. The van der Waals surface area contributed by atoms with E-state index in [0.29, 0.717) is 5.41 Å². The molecule has 6 atom stereocenters. The summed E-state index contributed by atoms with van der Waals surface area (Å²) in [5.41, 5.74) is 2.09. The summed E-state index contributed by atoms with van der Waals surface area (Å²) >= 11 is 0. The van der Waals surface area contributed by atoms with Gasteiger partial charge in [0.25, 0.3) is 0 Å². The summed E-state index contributed by atoms with van der Waals surface area (Å²) in [7, 11) is 0. The van der Waals surface area contributed by atoms with Crippen molar-refractivity contribution in [3.8, 4) is 0 Å². The zero-order valence-electron chi connectivity index (χ0n) is 15.8. The van der Waals surface area contributed by atoms with Gasteiger partial charge in [0.1, 0.15) is 0 Å². The Hall–Kier alpha value is 1.06. The van der Waals surface area contributed by atoms with Crippen molar-refractivity contribution in [2.45, 2.75) is 77.1 Å². The predicted octanol–water partition coefficient (Wildman–Crippen LogP) is 4.05. The van der Waals surface area contributed by atoms with E-state index in [9.17, 15) is 5.11 Å². The van der Waals surface area contributed by atoms with Crippen molar-refractivity contribution in [1.29, 1.82) is 0 Å². The Morgan fingerprint density at radius 1 is 1.00 bits per heavy atom. The second-order valence-corrected chi connectivity index (χ2v) is 9.60. The van der Waals surface area contributed by atoms with Gasteiger partial charge >= 0.3 is 0 Å². The van der Waals surface area contributed by atoms with E-state index in [-0.39, 0.29) is 61.4 Å². The first-order valence-electron chi connectivity index (χ1n) is 10.1. The molecule has 1 spiro atoms. The van der Waals surface area contributed by atoms with Gasteiger partial charge in [0.2, 0.25) is 0 Å². The van der Waals surface area contributed by atoms with Gasteiger partial charge in [-0.25, -0.2) is 0 Å². The second kappa shape index (κ2) is 6.55. The van der Waals surface area contributed by atoms with Crippen LogP contribution in [-0.2, 0) is 9.47 Å². The van der Waals surface area contributed by atoms with Crippen LogP contribution in [0.15, 0.2) is 11.6 Å². The molecule has 0 aromatic carbocycles. The summed E-state index contributed by atoms with van der Waals surface area (Å²) < 4.78 is 12.5. The van der Waals surface area contributed by atoms with Crippen molar-refractivity contribution in [2.24, 2.45) is 28.6 Å². The van der Waals surface area contributed by atoms with E-state index in [4.69, 9.17) is 9.47 Å². The molecular weight excluding hydrogens is 527 g/mol. The summed E-state index contributed by atoms with van der Waals surface area (Å²) in [6, 6.07) is 0. The Kier molecular flexibility index (Phi) is 5.08. The molecule has 1 radical (unpaired) electrons. The Morgan fingerprint density at radius 2 is 1.72 bits per heavy atom. The second-order valence-electron chi connectivity index (χ2n) is 9.60. The fourth-order valence-electron chi connectivity index (χ4n) is 7.53. The predicted molar refractivity (Wildman–Crippen MR) is 92.3 cm³/mol. The van der Waals surface area contributed by atoms with Crippen LogP contribution in [0.2, 0.25) is 0 Å². The number of aliphatic hydroxyl groups is 1. The summed E-state index contributed by atoms with van der Waals surface area (Å²) in [5, 5.41) is 10.1. The molecule has 0 aromatic rings. The fraction of sp³-hybridized carbons (Fsp3) is 0.905. The minimum atomic E-state index is -0.281. The molecule has 137 valence electrons. The molecule has 0 aromatic heterocycles. The zero-order valence-corrected chi connectivity index (χ0v) is 20.5. The fourth-order valence-corrected chi connectivity index (χ4v) is 7.53. The monoisotopic (exact) mass is 559 g/mol. The van der Waals surface area contributed by atoms with Crippen molar-refractivity contribution in [2.75, 3.05) is 13.2 Å². The molecule has 3 unspecified atom stereocenters. The Bertz CT molecular complexity index is 569. The number of rotatable bonds is 0. The SMILES string of the molecule is C[C@]12CC[C@H](O)CC1=CCC1C2CC[C@@]2(C)C1CCC21OCCO1.[Ac]. The Morgan fingerprint density at radius 3 is 2.48 bits per heavy atom. The van der Waals surface area contributed by atoms with Crippen LogP contribution in [0.1, 0.15) is 65.2 Å². The summed E-state index contributed by atoms with van der Waals surface area (Å²) in [6.45, 7) is 6.50. The van der Waals surface area contributed by atoms with Gasteiger partial charge in [-0.2, -0.15) is 0 Å². The molecule has 1 saturated heterocycles. The largest absolute Gasteiger partial charge is 0.393 e. The van der Waals surface area contributed by atoms with Crippen LogP contribution in [0.5, 0.6) is 0 Å². The first-order chi connectivity index (χ1) is 11.5. The maximum Gasteiger partial charge on any atom is 0.174 e. The van der Waals surface area contributed by atoms with Gasteiger partial charge < -0.3 is 14.6 Å². The van der Waals surface area contributed by atoms with Gasteiger partial charge in [-0.05, 0) is 68.1 Å². The number of ether oxygens (including phenoxy) is 2. The van der Waals surface area contributed by atoms with Crippen molar-refractivity contribution < 1.29 is 58.6 Å². The molecule has 1 N–H and O–H groups in total. The Balaban J connectivity index is 0.00000157. The van der Waals surface area contributed by atoms with Gasteiger partial charge in [-0.3, -0.25) is 0 Å². The molecule has 3 nitrogen and oxygen atoms in total. The van der Waals surface area contributed by atoms with Gasteiger partial charge in [-0.1, -0.05) is 25.5 Å². The molecule has 1 heterocycles. The van der Waals surface area contributed by atoms with E-state index < -0.39 is 0 Å². The molecule has 3 saturated carbocycles. The van der Waals surface area contributed by atoms with Gasteiger partial charge in [0.05, 0.1) is 19.3 Å². The molecule has 0 bridgehead atoms. The number of hydrogen-bond donors (Lipinski definition) is 1. The van der Waals surface area contributed by atoms with Crippen LogP contribution >= 0.6 is 0 Å². The first kappa shape index (κ1) is 19.4. The molecule has 25 heavy (non-hydrogen) atoms. The zero-order chi connectivity index (χ0) is 16.6. The van der Waals surface area contributed by atoms with Crippen LogP contribution in [0.25, 0.3) is 0 Å². The van der Waals surface area contributed by atoms with Gasteiger partial charge in [0.15, 0.2) is 5.79 Å². The van der Waals surface area contributed by atoms with Crippen molar-refractivity contribution >= 4 is 0 Å². The third kappa shape index (κ3) is 2.57. The topological polar surface area (TPSA) is 38.7 Å². The van der Waals surface area contributed by atoms with E-state index in [0.717, 1.165) is 50.2 Å². The molecular formula is C21H32AcO3. The van der Waals surface area contributed by atoms with E-state index >= 15 is 0 Å². The third-order valence-electron chi connectivity index (χ3n) is 8.88. The standard InChI is InChI=1S/C21H32O3.Ac/c1-19-8-5-15(22)13-14(19)3-4-16-17(19)6-9-20(2)18(16)7-10-21(20)23-11-12-24-21;/h3,15-18,22H,4-13H2,1-2H3;/t15-,16?,17?,18?,19-,20-;/m0./s1. The molecule has 0 amide bonds. The average molecular weight is 559 g/mol. The maximum absolute atomic E-state index is 10.1. The molecule has 4 fully saturated rings. The number of hydrogen-bond acceptors (Lipinski definition) is 3. The van der Waals surface area contributed by atoms with E-state index in [1.165, 1.54) is 32.1 Å². The van der Waals surface area contributed by atoms with Crippen LogP contribution in [0.3, 0.4) is 0 Å². The van der Waals surface area contributed by atoms with Crippen molar-refractivity contribution in [3.63, 3.8) is 0 Å². The first-order valence-corrected chi connectivity index (χ1v) is 10.1. The van der Waals surface area contributed by atoms with E-state index in [1.54, 1.807) is 5.57 Å². The quantitative estimate of drug-likeness (QED) is 0.456. The van der Waals surface area contributed by atoms with Gasteiger partial charge in [-0.15, -0.1) is 0 Å². The molecule has 4 aliphatic carbocycles. The van der Waals surface area contributed by atoms with Crippen molar-refractivity contribution in [3.05, 3.63) is 11.6 Å². The minimum Gasteiger partial charge on any atom is -0.393 e. The Labute approximate surface area is 187 Å². The average Bonchev–Trinajstić information content (AvgIpc) is 3.15. The van der Waals surface area contributed by atoms with E-state index in [1.807, 2.05) is 0 Å². The smallest absolute Gasteiger partial charge is 0.174 e. The third-order valence-corrected chi connectivity index (χ3v) is 8.88. The number of allylic oxidation sites excluding steroid dienone is 1. The van der Waals surface area contributed by atoms with E-state index in [2.05, 4.69) is 19.9 Å². The maximum atomic E-state index is 10.1. The normalized spacial score (nSPS) is 50.4. The van der Waals surface area contributed by atoms with Crippen LogP contribution < -0.4 is 0 Å². The summed E-state index contributed by atoms with van der Waals surface area (Å²) in [6.07, 6.45) is 11.6. The van der Waals surface area contributed by atoms with Crippen LogP contribution in [0, 0.1) is 72.6 Å². The number of aliphatic hydroxyl groups excluding tert-OH is 1.